The third-order valence-electron chi connectivity index (χ3n) is 13.0. The van der Waals surface area contributed by atoms with Gasteiger partial charge in [-0.1, -0.05) is 175 Å². The van der Waals surface area contributed by atoms with Gasteiger partial charge in [-0.05, 0) is 108 Å². The van der Waals surface area contributed by atoms with Crippen LogP contribution in [0.25, 0.3) is 55.3 Å². The number of benzene rings is 8. The van der Waals surface area contributed by atoms with Crippen LogP contribution in [0, 0.1) is 0 Å². The van der Waals surface area contributed by atoms with E-state index in [1.807, 2.05) is 6.07 Å². The average Bonchev–Trinajstić information content (AvgIpc) is 3.87. The highest BCUT2D eigenvalue weighted by molar-refractivity contribution is 6.07. The molecule has 0 bridgehead atoms. The second kappa shape index (κ2) is 12.7. The van der Waals surface area contributed by atoms with Crippen molar-refractivity contribution in [1.29, 1.82) is 0 Å². The monoisotopic (exact) mass is 761 g/mol. The Bertz CT molecular complexity index is 3050. The second-order valence-electron chi connectivity index (χ2n) is 18.5. The first-order valence-electron chi connectivity index (χ1n) is 20.9. The van der Waals surface area contributed by atoms with E-state index >= 15 is 0 Å². The summed E-state index contributed by atoms with van der Waals surface area (Å²) < 4.78 is 6.55. The molecule has 1 aromatic heterocycles. The van der Waals surface area contributed by atoms with Crippen LogP contribution in [0.5, 0.6) is 0 Å². The van der Waals surface area contributed by atoms with Crippen molar-refractivity contribution < 1.29 is 4.42 Å². The van der Waals surface area contributed by atoms with Gasteiger partial charge in [0.1, 0.15) is 11.2 Å². The van der Waals surface area contributed by atoms with Gasteiger partial charge in [0.15, 0.2) is 0 Å². The van der Waals surface area contributed by atoms with E-state index in [4.69, 9.17) is 4.42 Å². The maximum atomic E-state index is 6.55. The quantitative estimate of drug-likeness (QED) is 0.178. The highest BCUT2D eigenvalue weighted by Crippen LogP contribution is 2.65. The first-order chi connectivity index (χ1) is 28.5. The molecule has 2 nitrogen and oxygen atoms in total. The molecule has 0 saturated carbocycles. The normalized spacial score (nSPS) is 13.7. The van der Waals surface area contributed by atoms with Crippen LogP contribution in [-0.4, -0.2) is 0 Å². The van der Waals surface area contributed by atoms with Crippen molar-refractivity contribution in [2.45, 2.75) is 57.8 Å². The summed E-state index contributed by atoms with van der Waals surface area (Å²) in [7, 11) is 0. The molecule has 0 atom stereocenters. The fraction of sp³-hybridized carbons (Fsp3) is 0.158. The fourth-order valence-electron chi connectivity index (χ4n) is 10.0. The van der Waals surface area contributed by atoms with Gasteiger partial charge in [0.2, 0.25) is 0 Å². The Morgan fingerprint density at radius 3 is 1.68 bits per heavy atom. The standard InChI is InChI=1S/C57H47NO/c1-55(2,3)38-25-30-42-43-31-26-39(56(4,5)6)34-50(43)57(49(42)33-38)47-19-12-10-18-46(47)54-48(57)20-14-21-51(54)58(40-27-23-37(24-28-40)36-15-8-7-9-16-36)41-29-32-45-44-17-11-13-22-52(44)59-53(45)35-41/h7-35H,1-6H3. The van der Waals surface area contributed by atoms with Crippen molar-refractivity contribution in [3.05, 3.63) is 209 Å². The lowest BCUT2D eigenvalue weighted by atomic mass is 9.69. The molecule has 11 rings (SSSR count). The average molecular weight is 762 g/mol. The number of para-hydroxylation sites is 1. The lowest BCUT2D eigenvalue weighted by molar-refractivity contribution is 0.586. The predicted molar refractivity (Wildman–Crippen MR) is 248 cm³/mol. The van der Waals surface area contributed by atoms with Crippen LogP contribution in [0.15, 0.2) is 180 Å². The maximum absolute atomic E-state index is 6.55. The number of nitrogens with zero attached hydrogens (tertiary/aromatic N) is 1. The second-order valence-corrected chi connectivity index (χ2v) is 18.5. The Labute approximate surface area is 347 Å². The van der Waals surface area contributed by atoms with Crippen molar-refractivity contribution in [1.82, 2.24) is 0 Å². The number of hydrogen-bond donors (Lipinski definition) is 0. The van der Waals surface area contributed by atoms with E-state index in [2.05, 4.69) is 216 Å². The summed E-state index contributed by atoms with van der Waals surface area (Å²) >= 11 is 0. The molecule has 9 aromatic rings. The summed E-state index contributed by atoms with van der Waals surface area (Å²) in [6, 6.07) is 65.5. The Hall–Kier alpha value is -6.64. The van der Waals surface area contributed by atoms with Crippen molar-refractivity contribution in [3.8, 4) is 33.4 Å². The first kappa shape index (κ1) is 35.5. The van der Waals surface area contributed by atoms with Gasteiger partial charge in [-0.2, -0.15) is 0 Å². The van der Waals surface area contributed by atoms with Crippen LogP contribution in [0.3, 0.4) is 0 Å². The van der Waals surface area contributed by atoms with Crippen molar-refractivity contribution in [2.75, 3.05) is 4.90 Å². The van der Waals surface area contributed by atoms with E-state index in [9.17, 15) is 0 Å². The van der Waals surface area contributed by atoms with Crippen molar-refractivity contribution in [3.63, 3.8) is 0 Å². The zero-order valence-corrected chi connectivity index (χ0v) is 34.6. The molecule has 0 N–H and O–H groups in total. The van der Waals surface area contributed by atoms with E-state index in [1.54, 1.807) is 0 Å². The van der Waals surface area contributed by atoms with Gasteiger partial charge in [-0.3, -0.25) is 0 Å². The minimum Gasteiger partial charge on any atom is -0.456 e. The molecule has 286 valence electrons. The van der Waals surface area contributed by atoms with E-state index in [1.165, 1.54) is 66.8 Å². The zero-order valence-electron chi connectivity index (χ0n) is 34.6. The molecule has 59 heavy (non-hydrogen) atoms. The number of anilines is 3. The van der Waals surface area contributed by atoms with Crippen molar-refractivity contribution >= 4 is 39.0 Å². The van der Waals surface area contributed by atoms with Gasteiger partial charge in [-0.25, -0.2) is 0 Å². The SMILES string of the molecule is CC(C)(C)c1ccc2c(c1)C1(c3cc(C(C)(C)C)ccc3-2)c2ccccc2-c2c(N(c3ccc(-c4ccccc4)cc3)c3ccc4c(c3)oc3ccccc34)cccc21. The van der Waals surface area contributed by atoms with E-state index in [-0.39, 0.29) is 10.8 Å². The number of rotatable bonds is 4. The third kappa shape index (κ3) is 5.25. The van der Waals surface area contributed by atoms with Crippen molar-refractivity contribution in [2.24, 2.45) is 0 Å². The molecule has 8 aromatic carbocycles. The molecular weight excluding hydrogens is 715 g/mol. The fourth-order valence-corrected chi connectivity index (χ4v) is 10.0. The van der Waals surface area contributed by atoms with Gasteiger partial charge >= 0.3 is 0 Å². The predicted octanol–water partition coefficient (Wildman–Crippen LogP) is 15.7. The van der Waals surface area contributed by atoms with Gasteiger partial charge in [-0.15, -0.1) is 0 Å². The number of hydrogen-bond acceptors (Lipinski definition) is 2. The Morgan fingerprint density at radius 1 is 0.407 bits per heavy atom. The van der Waals surface area contributed by atoms with Gasteiger partial charge in [0.25, 0.3) is 0 Å². The van der Waals surface area contributed by atoms with Crippen LogP contribution < -0.4 is 4.90 Å². The molecular formula is C57H47NO. The molecule has 1 heterocycles. The van der Waals surface area contributed by atoms with Crippen LogP contribution >= 0.6 is 0 Å². The summed E-state index contributed by atoms with van der Waals surface area (Å²) in [5, 5.41) is 2.25. The maximum Gasteiger partial charge on any atom is 0.137 e. The van der Waals surface area contributed by atoms with E-state index in [0.29, 0.717) is 0 Å². The third-order valence-corrected chi connectivity index (χ3v) is 13.0. The summed E-state index contributed by atoms with van der Waals surface area (Å²) in [6.07, 6.45) is 0. The van der Waals surface area contributed by atoms with Gasteiger partial charge < -0.3 is 9.32 Å². The molecule has 2 heteroatoms. The number of fused-ring (bicyclic) bond motifs is 13. The molecule has 0 amide bonds. The van der Waals surface area contributed by atoms with E-state index < -0.39 is 5.41 Å². The lowest BCUT2D eigenvalue weighted by Gasteiger charge is -2.33. The Balaban J connectivity index is 1.21. The van der Waals surface area contributed by atoms with Crippen LogP contribution in [0.4, 0.5) is 17.1 Å². The Kier molecular flexibility index (Phi) is 7.63. The smallest absolute Gasteiger partial charge is 0.137 e. The minimum absolute atomic E-state index is 0.0115. The molecule has 2 aliphatic carbocycles. The summed E-state index contributed by atoms with van der Waals surface area (Å²) in [5.74, 6) is 0. The molecule has 0 saturated heterocycles. The first-order valence-corrected chi connectivity index (χ1v) is 20.9. The summed E-state index contributed by atoms with van der Waals surface area (Å²) in [6.45, 7) is 14.0. The highest BCUT2D eigenvalue weighted by Gasteiger charge is 2.53. The summed E-state index contributed by atoms with van der Waals surface area (Å²) in [4.78, 5) is 2.45. The minimum atomic E-state index is -0.499. The van der Waals surface area contributed by atoms with Gasteiger partial charge in [0.05, 0.1) is 11.1 Å². The lowest BCUT2D eigenvalue weighted by Crippen LogP contribution is -2.27. The summed E-state index contributed by atoms with van der Waals surface area (Å²) in [5.41, 5.74) is 20.2. The van der Waals surface area contributed by atoms with E-state index in [0.717, 1.165) is 39.0 Å². The molecule has 0 fully saturated rings. The molecule has 1 spiro atoms. The Morgan fingerprint density at radius 2 is 0.983 bits per heavy atom. The molecule has 0 aliphatic heterocycles. The largest absolute Gasteiger partial charge is 0.456 e. The van der Waals surface area contributed by atoms with Crippen LogP contribution in [0.1, 0.15) is 74.9 Å². The van der Waals surface area contributed by atoms with Crippen LogP contribution in [0.2, 0.25) is 0 Å². The zero-order chi connectivity index (χ0) is 40.3. The number of furan rings is 1. The molecule has 0 radical (unpaired) electrons. The topological polar surface area (TPSA) is 16.4 Å². The van der Waals surface area contributed by atoms with Crippen LogP contribution in [-0.2, 0) is 16.2 Å². The molecule has 0 unspecified atom stereocenters. The highest BCUT2D eigenvalue weighted by atomic mass is 16.3. The van der Waals surface area contributed by atoms with Gasteiger partial charge in [0, 0.05) is 33.8 Å². The molecule has 2 aliphatic rings.